The fourth-order valence-corrected chi connectivity index (χ4v) is 2.41. The first-order valence-electron chi connectivity index (χ1n) is 7.89. The summed E-state index contributed by atoms with van der Waals surface area (Å²) in [5, 5.41) is 2.90. The largest absolute Gasteiger partial charge is 0.324 e. The average Bonchev–Trinajstić information content (AvgIpc) is 2.64. The molecular formula is C19H17FN4O. The van der Waals surface area contributed by atoms with E-state index in [4.69, 9.17) is 0 Å². The van der Waals surface area contributed by atoms with Crippen molar-refractivity contribution in [3.63, 3.8) is 0 Å². The monoisotopic (exact) mass is 336 g/mol. The molecule has 2 aromatic carbocycles. The predicted molar refractivity (Wildman–Crippen MR) is 95.5 cm³/mol. The van der Waals surface area contributed by atoms with Gasteiger partial charge in [-0.05, 0) is 37.3 Å². The van der Waals surface area contributed by atoms with E-state index in [0.29, 0.717) is 23.7 Å². The minimum absolute atomic E-state index is 0.175. The molecule has 0 bridgehead atoms. The Labute approximate surface area is 145 Å². The van der Waals surface area contributed by atoms with E-state index >= 15 is 0 Å². The first-order valence-corrected chi connectivity index (χ1v) is 7.89. The molecule has 5 nitrogen and oxygen atoms in total. The summed E-state index contributed by atoms with van der Waals surface area (Å²) in [6.07, 6.45) is 2.92. The Balaban J connectivity index is 1.76. The van der Waals surface area contributed by atoms with Crippen molar-refractivity contribution in [1.29, 1.82) is 0 Å². The minimum atomic E-state index is -0.349. The highest BCUT2D eigenvalue weighted by molar-refractivity contribution is 6.05. The summed E-state index contributed by atoms with van der Waals surface area (Å²) in [7, 11) is 0. The van der Waals surface area contributed by atoms with E-state index in [1.165, 1.54) is 24.5 Å². The molecule has 0 aliphatic carbocycles. The molecule has 3 rings (SSSR count). The van der Waals surface area contributed by atoms with Crippen molar-refractivity contribution in [3.8, 4) is 0 Å². The molecule has 126 valence electrons. The van der Waals surface area contributed by atoms with Crippen LogP contribution in [0.5, 0.6) is 0 Å². The highest BCUT2D eigenvalue weighted by Crippen LogP contribution is 2.17. The molecule has 0 aliphatic heterocycles. The van der Waals surface area contributed by atoms with Crippen LogP contribution < -0.4 is 10.2 Å². The number of benzene rings is 2. The SMILES string of the molecule is CCN(C(=O)c1cnc(Nc2cccc(F)c2)nc1)c1ccccc1. The van der Waals surface area contributed by atoms with Crippen LogP contribution in [0, 0.1) is 5.82 Å². The lowest BCUT2D eigenvalue weighted by Gasteiger charge is -2.20. The van der Waals surface area contributed by atoms with E-state index in [2.05, 4.69) is 15.3 Å². The van der Waals surface area contributed by atoms with Gasteiger partial charge < -0.3 is 10.2 Å². The summed E-state index contributed by atoms with van der Waals surface area (Å²) in [5.41, 5.74) is 1.74. The summed E-state index contributed by atoms with van der Waals surface area (Å²) in [6.45, 7) is 2.44. The number of nitrogens with zero attached hydrogens (tertiary/aromatic N) is 3. The number of carbonyl (C=O) groups is 1. The Bertz CT molecular complexity index is 853. The molecule has 0 spiro atoms. The smallest absolute Gasteiger partial charge is 0.261 e. The predicted octanol–water partition coefficient (Wildman–Crippen LogP) is 4.03. The summed E-state index contributed by atoms with van der Waals surface area (Å²) >= 11 is 0. The Hall–Kier alpha value is -3.28. The second-order valence-electron chi connectivity index (χ2n) is 5.32. The van der Waals surface area contributed by atoms with Gasteiger partial charge in [-0.25, -0.2) is 14.4 Å². The van der Waals surface area contributed by atoms with Crippen LogP contribution in [0.25, 0.3) is 0 Å². The van der Waals surface area contributed by atoms with Gasteiger partial charge in [-0.2, -0.15) is 0 Å². The lowest BCUT2D eigenvalue weighted by atomic mass is 10.2. The third kappa shape index (κ3) is 3.98. The van der Waals surface area contributed by atoms with Crippen LogP contribution in [0.3, 0.4) is 0 Å². The van der Waals surface area contributed by atoms with Crippen LogP contribution in [0.4, 0.5) is 21.7 Å². The van der Waals surface area contributed by atoms with E-state index in [1.807, 2.05) is 37.3 Å². The third-order valence-electron chi connectivity index (χ3n) is 3.61. The molecule has 0 fully saturated rings. The van der Waals surface area contributed by atoms with E-state index in [1.54, 1.807) is 17.0 Å². The van der Waals surface area contributed by atoms with Gasteiger partial charge in [0.2, 0.25) is 5.95 Å². The fraction of sp³-hybridized carbons (Fsp3) is 0.105. The standard InChI is InChI=1S/C19H17FN4O/c1-2-24(17-9-4-3-5-10-17)18(25)14-12-21-19(22-13-14)23-16-8-6-7-15(20)11-16/h3-13H,2H2,1H3,(H,21,22,23). The van der Waals surface area contributed by atoms with Crippen molar-refractivity contribution < 1.29 is 9.18 Å². The zero-order chi connectivity index (χ0) is 17.6. The highest BCUT2D eigenvalue weighted by atomic mass is 19.1. The molecule has 1 aromatic heterocycles. The van der Waals surface area contributed by atoms with Crippen molar-refractivity contribution in [2.24, 2.45) is 0 Å². The normalized spacial score (nSPS) is 10.3. The Morgan fingerprint density at radius 3 is 2.44 bits per heavy atom. The lowest BCUT2D eigenvalue weighted by Crippen LogP contribution is -2.30. The van der Waals surface area contributed by atoms with Crippen LogP contribution >= 0.6 is 0 Å². The van der Waals surface area contributed by atoms with Gasteiger partial charge in [0.1, 0.15) is 5.82 Å². The average molecular weight is 336 g/mol. The number of hydrogen-bond donors (Lipinski definition) is 1. The number of amides is 1. The molecule has 0 saturated carbocycles. The number of carbonyl (C=O) groups excluding carboxylic acids is 1. The molecule has 25 heavy (non-hydrogen) atoms. The van der Waals surface area contributed by atoms with Gasteiger partial charge in [-0.15, -0.1) is 0 Å². The summed E-state index contributed by atoms with van der Waals surface area (Å²) in [4.78, 5) is 22.6. The zero-order valence-corrected chi connectivity index (χ0v) is 13.7. The second kappa shape index (κ2) is 7.53. The number of hydrogen-bond acceptors (Lipinski definition) is 4. The number of nitrogens with one attached hydrogen (secondary N) is 1. The van der Waals surface area contributed by atoms with Gasteiger partial charge in [0.05, 0.1) is 5.56 Å². The van der Waals surface area contributed by atoms with Crippen molar-refractivity contribution in [2.45, 2.75) is 6.92 Å². The first kappa shape index (κ1) is 16.6. The van der Waals surface area contributed by atoms with Crippen LogP contribution in [0.15, 0.2) is 67.0 Å². The molecule has 3 aromatic rings. The maximum atomic E-state index is 13.2. The molecule has 1 N–H and O–H groups in total. The van der Waals surface area contributed by atoms with E-state index in [0.717, 1.165) is 5.69 Å². The number of para-hydroxylation sites is 1. The molecular weight excluding hydrogens is 319 g/mol. The molecule has 0 unspecified atom stereocenters. The van der Waals surface area contributed by atoms with Crippen molar-refractivity contribution >= 4 is 23.2 Å². The Kier molecular flexibility index (Phi) is 4.99. The van der Waals surface area contributed by atoms with E-state index < -0.39 is 0 Å². The summed E-state index contributed by atoms with van der Waals surface area (Å²) in [6, 6.07) is 15.4. The molecule has 0 radical (unpaired) electrons. The Morgan fingerprint density at radius 1 is 1.08 bits per heavy atom. The molecule has 0 atom stereocenters. The maximum Gasteiger partial charge on any atom is 0.261 e. The molecule has 0 saturated heterocycles. The molecule has 1 amide bonds. The topological polar surface area (TPSA) is 58.1 Å². The fourth-order valence-electron chi connectivity index (χ4n) is 2.41. The quantitative estimate of drug-likeness (QED) is 0.764. The van der Waals surface area contributed by atoms with Gasteiger partial charge in [0, 0.05) is 30.3 Å². The van der Waals surface area contributed by atoms with E-state index in [9.17, 15) is 9.18 Å². The molecule has 6 heteroatoms. The summed E-state index contributed by atoms with van der Waals surface area (Å²) in [5.74, 6) is -0.228. The number of halogens is 1. The lowest BCUT2D eigenvalue weighted by molar-refractivity contribution is 0.0987. The molecule has 1 heterocycles. The van der Waals surface area contributed by atoms with Gasteiger partial charge in [-0.1, -0.05) is 24.3 Å². The van der Waals surface area contributed by atoms with Gasteiger partial charge in [0.25, 0.3) is 5.91 Å². The summed E-state index contributed by atoms with van der Waals surface area (Å²) < 4.78 is 13.2. The Morgan fingerprint density at radius 2 is 1.80 bits per heavy atom. The second-order valence-corrected chi connectivity index (χ2v) is 5.32. The van der Waals surface area contributed by atoms with E-state index in [-0.39, 0.29) is 11.7 Å². The van der Waals surface area contributed by atoms with Crippen molar-refractivity contribution in [2.75, 3.05) is 16.8 Å². The van der Waals surface area contributed by atoms with Gasteiger partial charge in [-0.3, -0.25) is 4.79 Å². The first-order chi connectivity index (χ1) is 12.2. The highest BCUT2D eigenvalue weighted by Gasteiger charge is 2.16. The van der Waals surface area contributed by atoms with Gasteiger partial charge in [0.15, 0.2) is 0 Å². The van der Waals surface area contributed by atoms with Crippen LogP contribution in [-0.4, -0.2) is 22.4 Å². The van der Waals surface area contributed by atoms with Crippen molar-refractivity contribution in [1.82, 2.24) is 9.97 Å². The van der Waals surface area contributed by atoms with Crippen LogP contribution in [-0.2, 0) is 0 Å². The van der Waals surface area contributed by atoms with Crippen molar-refractivity contribution in [3.05, 3.63) is 78.4 Å². The molecule has 0 aliphatic rings. The number of anilines is 3. The maximum absolute atomic E-state index is 13.2. The zero-order valence-electron chi connectivity index (χ0n) is 13.7. The van der Waals surface area contributed by atoms with Crippen LogP contribution in [0.2, 0.25) is 0 Å². The van der Waals surface area contributed by atoms with Crippen LogP contribution in [0.1, 0.15) is 17.3 Å². The number of rotatable bonds is 5. The minimum Gasteiger partial charge on any atom is -0.324 e. The van der Waals surface area contributed by atoms with Gasteiger partial charge >= 0.3 is 0 Å². The number of aromatic nitrogens is 2. The third-order valence-corrected chi connectivity index (χ3v) is 3.61.